The van der Waals surface area contributed by atoms with Crippen LogP contribution in [0.5, 0.6) is 11.5 Å². The third kappa shape index (κ3) is 3.45. The van der Waals surface area contributed by atoms with Gasteiger partial charge in [-0.25, -0.2) is 0 Å². The molecule has 148 valence electrons. The largest absolute Gasteiger partial charge is 0.493 e. The average Bonchev–Trinajstić information content (AvgIpc) is 2.68. The van der Waals surface area contributed by atoms with E-state index in [1.807, 2.05) is 6.07 Å². The first kappa shape index (κ1) is 19.5. The van der Waals surface area contributed by atoms with Gasteiger partial charge in [-0.15, -0.1) is 0 Å². The standard InChI is InChI=1S/C20H22N2O6/c1-21-14(5-4-6-18(21)23)20(26)22-8-7-12-9-16(27-2)17(28-3)10-13(12)15(22)11-19(24)25/h4-6,9-10,15H,7-8,11H2,1-3H3,(H,24,25). The van der Waals surface area contributed by atoms with Gasteiger partial charge in [0.05, 0.1) is 26.7 Å². The van der Waals surface area contributed by atoms with Crippen molar-refractivity contribution >= 4 is 11.9 Å². The van der Waals surface area contributed by atoms with Crippen molar-refractivity contribution in [3.05, 3.63) is 57.5 Å². The fraction of sp³-hybridized carbons (Fsp3) is 0.350. The van der Waals surface area contributed by atoms with Crippen molar-refractivity contribution < 1.29 is 24.2 Å². The molecule has 0 saturated heterocycles. The minimum absolute atomic E-state index is 0.215. The molecular weight excluding hydrogens is 364 g/mol. The molecule has 0 aliphatic carbocycles. The van der Waals surface area contributed by atoms with Gasteiger partial charge in [-0.2, -0.15) is 0 Å². The van der Waals surface area contributed by atoms with Crippen LogP contribution >= 0.6 is 0 Å². The highest BCUT2D eigenvalue weighted by atomic mass is 16.5. The zero-order valence-electron chi connectivity index (χ0n) is 16.0. The van der Waals surface area contributed by atoms with Crippen LogP contribution in [-0.2, 0) is 18.3 Å². The van der Waals surface area contributed by atoms with Crippen LogP contribution in [0, 0.1) is 0 Å². The summed E-state index contributed by atoms with van der Waals surface area (Å²) in [6.45, 7) is 0.336. The predicted octanol–water partition coefficient (Wildman–Crippen LogP) is 1.62. The first-order valence-corrected chi connectivity index (χ1v) is 8.81. The lowest BCUT2D eigenvalue weighted by atomic mass is 9.89. The number of carbonyl (C=O) groups excluding carboxylic acids is 1. The molecule has 1 aromatic heterocycles. The molecule has 8 heteroatoms. The number of methoxy groups -OCH3 is 2. The first-order chi connectivity index (χ1) is 13.4. The summed E-state index contributed by atoms with van der Waals surface area (Å²) in [5.74, 6) is -0.377. The molecule has 0 spiro atoms. The maximum atomic E-state index is 13.2. The van der Waals surface area contributed by atoms with Crippen molar-refractivity contribution in [3.63, 3.8) is 0 Å². The Morgan fingerprint density at radius 1 is 1.18 bits per heavy atom. The van der Waals surface area contributed by atoms with Gasteiger partial charge in [0.25, 0.3) is 11.5 Å². The van der Waals surface area contributed by atoms with Crippen LogP contribution in [0.15, 0.2) is 35.1 Å². The van der Waals surface area contributed by atoms with Crippen LogP contribution in [0.25, 0.3) is 0 Å². The fourth-order valence-electron chi connectivity index (χ4n) is 3.58. The van der Waals surface area contributed by atoms with Crippen LogP contribution in [-0.4, -0.2) is 47.2 Å². The van der Waals surface area contributed by atoms with E-state index in [0.29, 0.717) is 30.0 Å². The Bertz CT molecular complexity index is 981. The SMILES string of the molecule is COc1cc2c(cc1OC)C(CC(=O)O)N(C(=O)c1cccc(=O)n1C)CC2. The summed E-state index contributed by atoms with van der Waals surface area (Å²) in [5.41, 5.74) is 1.53. The summed E-state index contributed by atoms with van der Waals surface area (Å²) >= 11 is 0. The third-order valence-corrected chi connectivity index (χ3v) is 5.04. The van der Waals surface area contributed by atoms with Crippen LogP contribution in [0.4, 0.5) is 0 Å². The summed E-state index contributed by atoms with van der Waals surface area (Å²) in [6, 6.07) is 7.32. The van der Waals surface area contributed by atoms with Gasteiger partial charge in [-0.1, -0.05) is 6.07 Å². The predicted molar refractivity (Wildman–Crippen MR) is 101 cm³/mol. The number of carboxylic acid groups (broad SMARTS) is 1. The third-order valence-electron chi connectivity index (χ3n) is 5.04. The molecule has 0 bridgehead atoms. The molecule has 1 unspecified atom stereocenters. The summed E-state index contributed by atoms with van der Waals surface area (Å²) in [4.78, 5) is 38.1. The van der Waals surface area contributed by atoms with Gasteiger partial charge in [-0.3, -0.25) is 14.4 Å². The van der Waals surface area contributed by atoms with Gasteiger partial charge < -0.3 is 24.0 Å². The Morgan fingerprint density at radius 3 is 2.50 bits per heavy atom. The number of amides is 1. The van der Waals surface area contributed by atoms with E-state index < -0.39 is 12.0 Å². The Morgan fingerprint density at radius 2 is 1.86 bits per heavy atom. The van der Waals surface area contributed by atoms with Crippen molar-refractivity contribution in [2.75, 3.05) is 20.8 Å². The molecule has 0 radical (unpaired) electrons. The Balaban J connectivity index is 2.08. The second-order valence-corrected chi connectivity index (χ2v) is 6.58. The van der Waals surface area contributed by atoms with E-state index in [1.54, 1.807) is 12.1 Å². The van der Waals surface area contributed by atoms with Crippen molar-refractivity contribution in [2.24, 2.45) is 7.05 Å². The normalized spacial score (nSPS) is 15.7. The van der Waals surface area contributed by atoms with Crippen LogP contribution in [0.3, 0.4) is 0 Å². The van der Waals surface area contributed by atoms with Gasteiger partial charge in [0, 0.05) is 19.7 Å². The van der Waals surface area contributed by atoms with Gasteiger partial charge in [0.15, 0.2) is 11.5 Å². The Hall–Kier alpha value is -3.29. The number of nitrogens with zero attached hydrogens (tertiary/aromatic N) is 2. The molecule has 1 amide bonds. The molecule has 1 aliphatic rings. The van der Waals surface area contributed by atoms with E-state index in [9.17, 15) is 19.5 Å². The number of benzene rings is 1. The number of fused-ring (bicyclic) bond motifs is 1. The lowest BCUT2D eigenvalue weighted by Crippen LogP contribution is -2.42. The Labute approximate surface area is 161 Å². The number of carbonyl (C=O) groups is 2. The molecule has 3 rings (SSSR count). The topological polar surface area (TPSA) is 98.1 Å². The summed E-state index contributed by atoms with van der Waals surface area (Å²) in [5, 5.41) is 9.44. The molecule has 0 fully saturated rings. The summed E-state index contributed by atoms with van der Waals surface area (Å²) in [6.07, 6.45) is 0.285. The molecule has 1 aromatic carbocycles. The minimum Gasteiger partial charge on any atom is -0.493 e. The second-order valence-electron chi connectivity index (χ2n) is 6.58. The lowest BCUT2D eigenvalue weighted by molar-refractivity contribution is -0.138. The van der Waals surface area contributed by atoms with E-state index in [4.69, 9.17) is 9.47 Å². The molecular formula is C20H22N2O6. The summed E-state index contributed by atoms with van der Waals surface area (Å²) in [7, 11) is 4.56. The average molecular weight is 386 g/mol. The highest BCUT2D eigenvalue weighted by molar-refractivity contribution is 5.93. The highest BCUT2D eigenvalue weighted by Gasteiger charge is 2.34. The molecule has 1 aliphatic heterocycles. The van der Waals surface area contributed by atoms with Gasteiger partial charge in [-0.05, 0) is 35.7 Å². The van der Waals surface area contributed by atoms with Crippen molar-refractivity contribution in [3.8, 4) is 11.5 Å². The Kier molecular flexibility index (Phi) is 5.39. The number of hydrogen-bond acceptors (Lipinski definition) is 5. The molecule has 2 aromatic rings. The molecule has 0 saturated carbocycles. The van der Waals surface area contributed by atoms with E-state index in [2.05, 4.69) is 0 Å². The molecule has 8 nitrogen and oxygen atoms in total. The molecule has 2 heterocycles. The second kappa shape index (κ2) is 7.75. The van der Waals surface area contributed by atoms with Crippen LogP contribution in [0.2, 0.25) is 0 Å². The van der Waals surface area contributed by atoms with Crippen LogP contribution in [0.1, 0.15) is 34.1 Å². The number of aliphatic carboxylic acids is 1. The van der Waals surface area contributed by atoms with Crippen molar-refractivity contribution in [1.82, 2.24) is 9.47 Å². The van der Waals surface area contributed by atoms with Gasteiger partial charge in [0.2, 0.25) is 0 Å². The maximum Gasteiger partial charge on any atom is 0.305 e. The van der Waals surface area contributed by atoms with Gasteiger partial charge >= 0.3 is 5.97 Å². The van der Waals surface area contributed by atoms with Crippen molar-refractivity contribution in [2.45, 2.75) is 18.9 Å². The number of aromatic nitrogens is 1. The molecule has 1 atom stereocenters. The quantitative estimate of drug-likeness (QED) is 0.839. The minimum atomic E-state index is -1.02. The van der Waals surface area contributed by atoms with Crippen molar-refractivity contribution in [1.29, 1.82) is 0 Å². The number of rotatable bonds is 5. The van der Waals surface area contributed by atoms with E-state index in [0.717, 1.165) is 5.56 Å². The van der Waals surface area contributed by atoms with E-state index in [-0.39, 0.29) is 23.6 Å². The van der Waals surface area contributed by atoms with E-state index >= 15 is 0 Å². The fourth-order valence-corrected chi connectivity index (χ4v) is 3.58. The summed E-state index contributed by atoms with van der Waals surface area (Å²) < 4.78 is 11.9. The molecule has 28 heavy (non-hydrogen) atoms. The number of carboxylic acids is 1. The highest BCUT2D eigenvalue weighted by Crippen LogP contribution is 2.39. The van der Waals surface area contributed by atoms with Gasteiger partial charge in [0.1, 0.15) is 5.69 Å². The monoisotopic (exact) mass is 386 g/mol. The lowest BCUT2D eigenvalue weighted by Gasteiger charge is -2.37. The number of ether oxygens (including phenoxy) is 2. The number of hydrogen-bond donors (Lipinski definition) is 1. The maximum absolute atomic E-state index is 13.2. The number of pyridine rings is 1. The van der Waals surface area contributed by atoms with E-state index in [1.165, 1.54) is 42.9 Å². The smallest absolute Gasteiger partial charge is 0.305 e. The van der Waals surface area contributed by atoms with Crippen LogP contribution < -0.4 is 15.0 Å². The zero-order chi connectivity index (χ0) is 20.4. The first-order valence-electron chi connectivity index (χ1n) is 8.81. The zero-order valence-corrected chi connectivity index (χ0v) is 16.0. The molecule has 1 N–H and O–H groups in total.